The molecule has 3 saturated heterocycles. The van der Waals surface area contributed by atoms with Crippen LogP contribution in [0.4, 0.5) is 0 Å². The number of nitrogens with one attached hydrogen (secondary N) is 3. The van der Waals surface area contributed by atoms with Crippen LogP contribution in [0.25, 0.3) is 0 Å². The number of carbonyl (C=O) groups is 3. The van der Waals surface area contributed by atoms with Crippen molar-refractivity contribution in [2.24, 2.45) is 5.41 Å². The van der Waals surface area contributed by atoms with E-state index in [1.165, 1.54) is 19.3 Å². The van der Waals surface area contributed by atoms with E-state index in [1.54, 1.807) is 4.90 Å². The lowest BCUT2D eigenvalue weighted by Crippen LogP contribution is -2.54. The van der Waals surface area contributed by atoms with Gasteiger partial charge in [0, 0.05) is 43.7 Å². The number of hydrogen-bond acceptors (Lipinski definition) is 5. The molecule has 3 amide bonds. The van der Waals surface area contributed by atoms with Crippen molar-refractivity contribution in [1.29, 1.82) is 0 Å². The van der Waals surface area contributed by atoms with Crippen molar-refractivity contribution in [1.82, 2.24) is 20.9 Å². The summed E-state index contributed by atoms with van der Waals surface area (Å²) in [6, 6.07) is 5.37. The van der Waals surface area contributed by atoms with Crippen molar-refractivity contribution < 1.29 is 14.4 Å². The van der Waals surface area contributed by atoms with E-state index in [2.05, 4.69) is 22.9 Å². The number of fused-ring (bicyclic) bond motifs is 2. The van der Waals surface area contributed by atoms with Gasteiger partial charge in [0.1, 0.15) is 6.04 Å². The van der Waals surface area contributed by atoms with Gasteiger partial charge < -0.3 is 15.5 Å². The summed E-state index contributed by atoms with van der Waals surface area (Å²) >= 11 is 0. The van der Waals surface area contributed by atoms with E-state index in [1.807, 2.05) is 18.2 Å². The van der Waals surface area contributed by atoms with Crippen molar-refractivity contribution in [2.45, 2.75) is 63.7 Å². The van der Waals surface area contributed by atoms with Crippen LogP contribution in [0.3, 0.4) is 0 Å². The summed E-state index contributed by atoms with van der Waals surface area (Å²) in [5.74, 6) is -0.723. The molecule has 0 radical (unpaired) electrons. The molecule has 1 unspecified atom stereocenters. The lowest BCUT2D eigenvalue weighted by Gasteiger charge is -2.46. The van der Waals surface area contributed by atoms with Gasteiger partial charge in [-0.2, -0.15) is 0 Å². The van der Waals surface area contributed by atoms with E-state index in [-0.39, 0.29) is 29.7 Å². The molecular weight excluding hydrogens is 368 g/mol. The summed E-state index contributed by atoms with van der Waals surface area (Å²) in [5.41, 5.74) is 3.39. The van der Waals surface area contributed by atoms with Crippen LogP contribution in [0, 0.1) is 5.41 Å². The molecule has 7 nitrogen and oxygen atoms in total. The van der Waals surface area contributed by atoms with Gasteiger partial charge in [0.05, 0.1) is 0 Å². The zero-order valence-electron chi connectivity index (χ0n) is 16.8. The molecule has 5 aliphatic rings. The van der Waals surface area contributed by atoms with Crippen LogP contribution in [-0.2, 0) is 22.7 Å². The van der Waals surface area contributed by atoms with Gasteiger partial charge in [-0.25, -0.2) is 0 Å². The smallest absolute Gasteiger partial charge is 0.255 e. The zero-order valence-corrected chi connectivity index (χ0v) is 16.8. The number of imide groups is 1. The standard InChI is InChI=1S/C22H28N4O3/c1-2-21-10-22(11-21,24-12-21)13-23-8-14-4-3-5-15-9-26(20(29)18(14)15)16-6-7-17(27)25-19(16)28/h3-5,16,23-24H,2,6-13H2,1H3,(H,25,27,28). The predicted molar refractivity (Wildman–Crippen MR) is 107 cm³/mol. The van der Waals surface area contributed by atoms with Crippen LogP contribution in [0.2, 0.25) is 0 Å². The van der Waals surface area contributed by atoms with Gasteiger partial charge in [-0.1, -0.05) is 25.1 Å². The fraction of sp³-hybridized carbons (Fsp3) is 0.591. The molecular formula is C22H28N4O3. The van der Waals surface area contributed by atoms with Crippen molar-refractivity contribution in [2.75, 3.05) is 13.1 Å². The summed E-state index contributed by atoms with van der Waals surface area (Å²) in [6.45, 7) is 5.37. The maximum atomic E-state index is 13.1. The van der Waals surface area contributed by atoms with Crippen LogP contribution in [0.1, 0.15) is 60.5 Å². The number of piperidine rings is 1. The second kappa shape index (κ2) is 6.64. The molecule has 29 heavy (non-hydrogen) atoms. The van der Waals surface area contributed by atoms with Crippen molar-refractivity contribution >= 4 is 17.7 Å². The van der Waals surface area contributed by atoms with Gasteiger partial charge in [0.2, 0.25) is 11.8 Å². The summed E-state index contributed by atoms with van der Waals surface area (Å²) in [4.78, 5) is 38.4. The van der Waals surface area contributed by atoms with Crippen molar-refractivity contribution in [3.05, 3.63) is 34.9 Å². The molecule has 1 aromatic rings. The monoisotopic (exact) mass is 396 g/mol. The normalized spacial score (nSPS) is 32.9. The minimum atomic E-state index is -0.563. The Hall–Kier alpha value is -2.25. The van der Waals surface area contributed by atoms with E-state index < -0.39 is 6.04 Å². The highest BCUT2D eigenvalue weighted by molar-refractivity contribution is 6.05. The van der Waals surface area contributed by atoms with Gasteiger partial charge in [0.15, 0.2) is 0 Å². The average Bonchev–Trinajstić information content (AvgIpc) is 3.32. The Kier molecular flexibility index (Phi) is 4.29. The molecule has 0 spiro atoms. The number of rotatable bonds is 6. The lowest BCUT2D eigenvalue weighted by molar-refractivity contribution is -0.136. The minimum Gasteiger partial charge on any atom is -0.322 e. The maximum Gasteiger partial charge on any atom is 0.255 e. The van der Waals surface area contributed by atoms with Gasteiger partial charge in [-0.3, -0.25) is 19.7 Å². The SMILES string of the molecule is CCC12CNC(CNCc3cccc4c3C(=O)N(C3CCC(=O)NC3=O)C4)(C1)C2. The molecule has 6 rings (SSSR count). The number of benzene rings is 1. The van der Waals surface area contributed by atoms with Crippen LogP contribution >= 0.6 is 0 Å². The summed E-state index contributed by atoms with van der Waals surface area (Å²) < 4.78 is 0. The summed E-state index contributed by atoms with van der Waals surface area (Å²) in [5, 5.41) is 9.62. The van der Waals surface area contributed by atoms with E-state index in [4.69, 9.17) is 0 Å². The first kappa shape index (κ1) is 18.8. The largest absolute Gasteiger partial charge is 0.322 e. The molecule has 4 heterocycles. The van der Waals surface area contributed by atoms with Gasteiger partial charge in [0.25, 0.3) is 5.91 Å². The molecule has 1 aliphatic carbocycles. The first-order chi connectivity index (χ1) is 13.9. The molecule has 0 aromatic heterocycles. The topological polar surface area (TPSA) is 90.5 Å². The second-order valence-electron chi connectivity index (χ2n) is 9.30. The van der Waals surface area contributed by atoms with Crippen LogP contribution in [0.5, 0.6) is 0 Å². The summed E-state index contributed by atoms with van der Waals surface area (Å²) in [7, 11) is 0. The molecule has 1 aromatic carbocycles. The quantitative estimate of drug-likeness (QED) is 0.626. The van der Waals surface area contributed by atoms with E-state index in [9.17, 15) is 14.4 Å². The lowest BCUT2D eigenvalue weighted by atomic mass is 9.61. The average molecular weight is 396 g/mol. The molecule has 4 fully saturated rings. The van der Waals surface area contributed by atoms with Gasteiger partial charge >= 0.3 is 0 Å². The number of nitrogens with zero attached hydrogens (tertiary/aromatic N) is 1. The molecule has 154 valence electrons. The van der Waals surface area contributed by atoms with Crippen molar-refractivity contribution in [3.63, 3.8) is 0 Å². The third-order valence-corrected chi connectivity index (χ3v) is 7.43. The van der Waals surface area contributed by atoms with E-state index in [0.717, 1.165) is 29.8 Å². The maximum absolute atomic E-state index is 13.1. The Morgan fingerprint density at radius 2 is 2.07 bits per heavy atom. The van der Waals surface area contributed by atoms with Crippen LogP contribution in [-0.4, -0.2) is 47.3 Å². The van der Waals surface area contributed by atoms with Gasteiger partial charge in [-0.05, 0) is 42.2 Å². The highest BCUT2D eigenvalue weighted by Crippen LogP contribution is 2.55. The number of carbonyl (C=O) groups excluding carboxylic acids is 3. The molecule has 1 saturated carbocycles. The Balaban J connectivity index is 1.26. The first-order valence-electron chi connectivity index (χ1n) is 10.7. The van der Waals surface area contributed by atoms with Gasteiger partial charge in [-0.15, -0.1) is 0 Å². The molecule has 2 bridgehead atoms. The zero-order chi connectivity index (χ0) is 20.2. The van der Waals surface area contributed by atoms with Crippen molar-refractivity contribution in [3.8, 4) is 0 Å². The predicted octanol–water partition coefficient (Wildman–Crippen LogP) is 1.07. The Morgan fingerprint density at radius 1 is 1.24 bits per heavy atom. The van der Waals surface area contributed by atoms with E-state index >= 15 is 0 Å². The third-order valence-electron chi connectivity index (χ3n) is 7.43. The Bertz CT molecular complexity index is 890. The van der Waals surface area contributed by atoms with Crippen LogP contribution < -0.4 is 16.0 Å². The highest BCUT2D eigenvalue weighted by atomic mass is 16.2. The number of hydrogen-bond donors (Lipinski definition) is 3. The Morgan fingerprint density at radius 3 is 2.79 bits per heavy atom. The first-order valence-corrected chi connectivity index (χ1v) is 10.7. The Labute approximate surface area is 170 Å². The van der Waals surface area contributed by atoms with E-state index in [0.29, 0.717) is 24.9 Å². The second-order valence-corrected chi connectivity index (χ2v) is 9.30. The molecule has 7 heteroatoms. The fourth-order valence-electron chi connectivity index (χ4n) is 5.85. The third kappa shape index (κ3) is 2.99. The summed E-state index contributed by atoms with van der Waals surface area (Å²) in [6.07, 6.45) is 4.38. The fourth-order valence-corrected chi connectivity index (χ4v) is 5.85. The van der Waals surface area contributed by atoms with Crippen LogP contribution in [0.15, 0.2) is 18.2 Å². The molecule has 3 N–H and O–H groups in total. The number of amides is 3. The minimum absolute atomic E-state index is 0.0994. The molecule has 4 aliphatic heterocycles. The molecule has 1 atom stereocenters. The highest BCUT2D eigenvalue weighted by Gasteiger charge is 2.58.